The van der Waals surface area contributed by atoms with E-state index in [0.29, 0.717) is 34.1 Å². The fourth-order valence-electron chi connectivity index (χ4n) is 3.04. The number of halogens is 3. The summed E-state index contributed by atoms with van der Waals surface area (Å²) < 4.78 is 13.2. The van der Waals surface area contributed by atoms with Gasteiger partial charge in [-0.3, -0.25) is 10.2 Å². The van der Waals surface area contributed by atoms with Crippen LogP contribution in [0.25, 0.3) is 0 Å². The van der Waals surface area contributed by atoms with E-state index >= 15 is 0 Å². The van der Waals surface area contributed by atoms with Gasteiger partial charge in [-0.25, -0.2) is 4.39 Å². The maximum atomic E-state index is 13.2. The van der Waals surface area contributed by atoms with Gasteiger partial charge >= 0.3 is 0 Å². The SMILES string of the molecule is N#CC/C(C(=N)C(=O)Nc1ccc(F)cc1)=C(/Nc1ccccc1Cl)C1=CCC(Cl)C=C1. The molecule has 0 aliphatic heterocycles. The molecule has 162 valence electrons. The first kappa shape index (κ1) is 23.3. The van der Waals surface area contributed by atoms with Gasteiger partial charge in [0.25, 0.3) is 5.91 Å². The average molecular weight is 469 g/mol. The Morgan fingerprint density at radius 3 is 2.53 bits per heavy atom. The largest absolute Gasteiger partial charge is 0.354 e. The third-order valence-electron chi connectivity index (χ3n) is 4.66. The summed E-state index contributed by atoms with van der Waals surface area (Å²) in [6, 6.07) is 14.3. The summed E-state index contributed by atoms with van der Waals surface area (Å²) in [6.45, 7) is 0. The molecular formula is C24H19Cl2FN4O. The monoisotopic (exact) mass is 468 g/mol. The van der Waals surface area contributed by atoms with Crippen LogP contribution >= 0.6 is 23.2 Å². The highest BCUT2D eigenvalue weighted by molar-refractivity contribution is 6.48. The Labute approximate surface area is 195 Å². The molecule has 1 atom stereocenters. The number of alkyl halides is 1. The third kappa shape index (κ3) is 5.85. The number of allylic oxidation sites excluding steroid dienone is 3. The van der Waals surface area contributed by atoms with E-state index in [-0.39, 0.29) is 17.4 Å². The molecule has 2 aromatic rings. The number of carbonyl (C=O) groups excluding carboxylic acids is 1. The van der Waals surface area contributed by atoms with Crippen LogP contribution in [0.15, 0.2) is 83.6 Å². The molecule has 2 aromatic carbocycles. The van der Waals surface area contributed by atoms with E-state index in [1.54, 1.807) is 36.4 Å². The molecule has 0 heterocycles. The first-order valence-electron chi connectivity index (χ1n) is 9.69. The van der Waals surface area contributed by atoms with Crippen molar-refractivity contribution in [3.63, 3.8) is 0 Å². The first-order valence-corrected chi connectivity index (χ1v) is 10.5. The number of nitriles is 1. The minimum Gasteiger partial charge on any atom is -0.354 e. The number of anilines is 2. The number of rotatable bonds is 7. The van der Waals surface area contributed by atoms with Crippen LogP contribution in [0.2, 0.25) is 5.02 Å². The van der Waals surface area contributed by atoms with Crippen molar-refractivity contribution in [3.8, 4) is 6.07 Å². The highest BCUT2D eigenvalue weighted by Crippen LogP contribution is 2.30. The quantitative estimate of drug-likeness (QED) is 0.333. The van der Waals surface area contributed by atoms with Crippen LogP contribution in [-0.2, 0) is 4.79 Å². The predicted octanol–water partition coefficient (Wildman–Crippen LogP) is 6.21. The lowest BCUT2D eigenvalue weighted by Crippen LogP contribution is -2.26. The average Bonchev–Trinajstić information content (AvgIpc) is 2.79. The van der Waals surface area contributed by atoms with Crippen molar-refractivity contribution in [2.75, 3.05) is 10.6 Å². The van der Waals surface area contributed by atoms with Gasteiger partial charge < -0.3 is 10.6 Å². The zero-order valence-corrected chi connectivity index (χ0v) is 18.3. The standard InChI is InChI=1S/C24H19Cl2FN4O/c25-16-7-5-15(6-8-16)23(31-21-4-2-1-3-20(21)26)19(13-14-28)22(29)24(32)30-18-11-9-17(27)10-12-18/h1-7,9-12,16,29,31H,8,13H2,(H,30,32)/b23-19-,29-22?. The Hall–Kier alpha value is -3.40. The molecule has 3 rings (SSSR count). The molecule has 1 amide bonds. The topological polar surface area (TPSA) is 88.8 Å². The summed E-state index contributed by atoms with van der Waals surface area (Å²) in [5.74, 6) is -1.17. The Kier molecular flexibility index (Phi) is 7.82. The number of nitrogens with zero attached hydrogens (tertiary/aromatic N) is 1. The molecular weight excluding hydrogens is 450 g/mol. The van der Waals surface area contributed by atoms with Gasteiger partial charge in [-0.05, 0) is 48.4 Å². The minimum absolute atomic E-state index is 0.166. The zero-order valence-electron chi connectivity index (χ0n) is 16.8. The number of hydrogen-bond donors (Lipinski definition) is 3. The van der Waals surface area contributed by atoms with Gasteiger partial charge in [-0.1, -0.05) is 42.0 Å². The van der Waals surface area contributed by atoms with Gasteiger partial charge in [0.1, 0.15) is 11.5 Å². The highest BCUT2D eigenvalue weighted by Gasteiger charge is 2.22. The van der Waals surface area contributed by atoms with Gasteiger partial charge in [-0.2, -0.15) is 5.26 Å². The molecule has 0 radical (unpaired) electrons. The van der Waals surface area contributed by atoms with Crippen molar-refractivity contribution in [2.45, 2.75) is 18.2 Å². The minimum atomic E-state index is -0.726. The number of nitrogens with one attached hydrogen (secondary N) is 3. The van der Waals surface area contributed by atoms with E-state index < -0.39 is 17.4 Å². The van der Waals surface area contributed by atoms with Gasteiger partial charge in [0.05, 0.1) is 34.3 Å². The lowest BCUT2D eigenvalue weighted by Gasteiger charge is -2.21. The van der Waals surface area contributed by atoms with Gasteiger partial charge in [0.2, 0.25) is 0 Å². The number of para-hydroxylation sites is 1. The molecule has 5 nitrogen and oxygen atoms in total. The van der Waals surface area contributed by atoms with Crippen molar-refractivity contribution in [1.82, 2.24) is 0 Å². The molecule has 0 saturated heterocycles. The molecule has 1 aliphatic rings. The fraction of sp³-hybridized carbons (Fsp3) is 0.125. The molecule has 1 unspecified atom stereocenters. The predicted molar refractivity (Wildman–Crippen MR) is 127 cm³/mol. The number of hydrogen-bond acceptors (Lipinski definition) is 4. The molecule has 32 heavy (non-hydrogen) atoms. The molecule has 0 spiro atoms. The lowest BCUT2D eigenvalue weighted by atomic mass is 9.95. The molecule has 0 fully saturated rings. The van der Waals surface area contributed by atoms with Crippen LogP contribution in [-0.4, -0.2) is 17.0 Å². The van der Waals surface area contributed by atoms with E-state index in [0.717, 1.165) is 0 Å². The number of amides is 1. The summed E-state index contributed by atoms with van der Waals surface area (Å²) in [4.78, 5) is 12.8. The van der Waals surface area contributed by atoms with Crippen molar-refractivity contribution < 1.29 is 9.18 Å². The van der Waals surface area contributed by atoms with Crippen LogP contribution in [0.1, 0.15) is 12.8 Å². The Bertz CT molecular complexity index is 1160. The molecule has 1 aliphatic carbocycles. The summed E-state index contributed by atoms with van der Waals surface area (Å²) in [6.07, 6.45) is 5.81. The summed E-state index contributed by atoms with van der Waals surface area (Å²) in [5.41, 5.74) is 1.79. The molecule has 0 saturated carbocycles. The Morgan fingerprint density at radius 2 is 1.91 bits per heavy atom. The van der Waals surface area contributed by atoms with Gasteiger partial charge in [-0.15, -0.1) is 11.6 Å². The summed E-state index contributed by atoms with van der Waals surface area (Å²) in [7, 11) is 0. The maximum absolute atomic E-state index is 13.2. The summed E-state index contributed by atoms with van der Waals surface area (Å²) >= 11 is 12.5. The van der Waals surface area contributed by atoms with Gasteiger partial charge in [0, 0.05) is 11.3 Å². The van der Waals surface area contributed by atoms with Crippen molar-refractivity contribution >= 4 is 46.2 Å². The third-order valence-corrected chi connectivity index (χ3v) is 5.31. The fourth-order valence-corrected chi connectivity index (χ4v) is 3.39. The van der Waals surface area contributed by atoms with Crippen molar-refractivity contribution in [1.29, 1.82) is 10.7 Å². The maximum Gasteiger partial charge on any atom is 0.273 e. The zero-order chi connectivity index (χ0) is 23.1. The van der Waals surface area contributed by atoms with E-state index in [1.807, 2.05) is 12.1 Å². The lowest BCUT2D eigenvalue weighted by molar-refractivity contribution is -0.110. The second-order valence-corrected chi connectivity index (χ2v) is 7.87. The van der Waals surface area contributed by atoms with E-state index in [1.165, 1.54) is 24.3 Å². The normalized spacial score (nSPS) is 15.8. The number of carbonyl (C=O) groups is 1. The van der Waals surface area contributed by atoms with Crippen LogP contribution in [0.4, 0.5) is 15.8 Å². The first-order chi connectivity index (χ1) is 15.4. The molecule has 8 heteroatoms. The van der Waals surface area contributed by atoms with E-state index in [4.69, 9.17) is 28.6 Å². The Balaban J connectivity index is 2.02. The summed E-state index contributed by atoms with van der Waals surface area (Å²) in [5, 5.41) is 24.0. The second kappa shape index (κ2) is 10.8. The smallest absolute Gasteiger partial charge is 0.273 e. The van der Waals surface area contributed by atoms with E-state index in [2.05, 4.69) is 10.6 Å². The van der Waals surface area contributed by atoms with E-state index in [9.17, 15) is 14.4 Å². The molecule has 0 aromatic heterocycles. The van der Waals surface area contributed by atoms with Crippen LogP contribution in [0.5, 0.6) is 0 Å². The second-order valence-electron chi connectivity index (χ2n) is 6.90. The van der Waals surface area contributed by atoms with Crippen LogP contribution in [0, 0.1) is 22.6 Å². The Morgan fingerprint density at radius 1 is 1.19 bits per heavy atom. The molecule has 3 N–H and O–H groups in total. The van der Waals surface area contributed by atoms with Gasteiger partial charge in [0.15, 0.2) is 0 Å². The van der Waals surface area contributed by atoms with Crippen molar-refractivity contribution in [2.24, 2.45) is 0 Å². The van der Waals surface area contributed by atoms with Crippen molar-refractivity contribution in [3.05, 3.63) is 94.4 Å². The highest BCUT2D eigenvalue weighted by atomic mass is 35.5. The van der Waals surface area contributed by atoms with Crippen LogP contribution < -0.4 is 10.6 Å². The molecule has 0 bridgehead atoms. The number of benzene rings is 2. The van der Waals surface area contributed by atoms with Crippen LogP contribution in [0.3, 0.4) is 0 Å².